The SMILES string of the molecule is O=C(O)c1cccc(OCCC2CCN(c3ccc(NC(=O)c4cccc(-n5cccc5)c4)cn3)CC2)c1. The fraction of sp³-hybridized carbons (Fsp3) is 0.233. The highest BCUT2D eigenvalue weighted by Crippen LogP contribution is 2.25. The summed E-state index contributed by atoms with van der Waals surface area (Å²) in [5, 5.41) is 12.1. The lowest BCUT2D eigenvalue weighted by molar-refractivity contribution is 0.0696. The molecule has 1 saturated heterocycles. The van der Waals surface area contributed by atoms with Gasteiger partial charge in [0.2, 0.25) is 0 Å². The van der Waals surface area contributed by atoms with Crippen molar-refractivity contribution >= 4 is 23.4 Å². The largest absolute Gasteiger partial charge is 0.494 e. The van der Waals surface area contributed by atoms with Gasteiger partial charge in [-0.15, -0.1) is 0 Å². The summed E-state index contributed by atoms with van der Waals surface area (Å²) in [5.41, 5.74) is 2.40. The van der Waals surface area contributed by atoms with Gasteiger partial charge in [-0.2, -0.15) is 0 Å². The van der Waals surface area contributed by atoms with Crippen LogP contribution in [0.1, 0.15) is 40.0 Å². The van der Waals surface area contributed by atoms with Gasteiger partial charge in [0.25, 0.3) is 5.91 Å². The van der Waals surface area contributed by atoms with E-state index in [0.717, 1.165) is 43.9 Å². The number of carboxylic acids is 1. The first-order valence-electron chi connectivity index (χ1n) is 12.8. The lowest BCUT2D eigenvalue weighted by atomic mass is 9.94. The maximum atomic E-state index is 12.8. The Morgan fingerprint density at radius 3 is 2.45 bits per heavy atom. The van der Waals surface area contributed by atoms with Crippen LogP contribution in [-0.4, -0.2) is 46.2 Å². The molecule has 1 aliphatic heterocycles. The van der Waals surface area contributed by atoms with Crippen molar-refractivity contribution in [2.45, 2.75) is 19.3 Å². The third-order valence-corrected chi connectivity index (χ3v) is 6.83. The third kappa shape index (κ3) is 6.21. The van der Waals surface area contributed by atoms with Crippen LogP contribution in [0.25, 0.3) is 5.69 Å². The Bertz CT molecular complexity index is 1380. The number of carboxylic acid groups (broad SMARTS) is 1. The second-order valence-corrected chi connectivity index (χ2v) is 9.40. The van der Waals surface area contributed by atoms with E-state index in [1.807, 2.05) is 59.4 Å². The molecular weight excluding hydrogens is 480 g/mol. The molecule has 0 aliphatic carbocycles. The first-order chi connectivity index (χ1) is 18.5. The van der Waals surface area contributed by atoms with E-state index in [0.29, 0.717) is 29.5 Å². The van der Waals surface area contributed by atoms with E-state index < -0.39 is 5.97 Å². The molecule has 0 unspecified atom stereocenters. The molecule has 0 saturated carbocycles. The average molecular weight is 511 g/mol. The molecule has 38 heavy (non-hydrogen) atoms. The molecule has 2 aromatic carbocycles. The highest BCUT2D eigenvalue weighted by atomic mass is 16.5. The Kier molecular flexibility index (Phi) is 7.68. The number of anilines is 2. The molecule has 4 aromatic rings. The number of nitrogens with one attached hydrogen (secondary N) is 1. The van der Waals surface area contributed by atoms with Gasteiger partial charge in [-0.3, -0.25) is 4.79 Å². The zero-order valence-corrected chi connectivity index (χ0v) is 21.0. The maximum Gasteiger partial charge on any atom is 0.335 e. The minimum Gasteiger partial charge on any atom is -0.494 e. The molecule has 2 N–H and O–H groups in total. The molecule has 5 rings (SSSR count). The van der Waals surface area contributed by atoms with Gasteiger partial charge in [0.1, 0.15) is 11.6 Å². The molecule has 8 heteroatoms. The molecule has 0 bridgehead atoms. The van der Waals surface area contributed by atoms with Crippen LogP contribution in [0.3, 0.4) is 0 Å². The Morgan fingerprint density at radius 2 is 1.71 bits per heavy atom. The van der Waals surface area contributed by atoms with Gasteiger partial charge in [0.05, 0.1) is 24.1 Å². The molecule has 1 aliphatic rings. The summed E-state index contributed by atoms with van der Waals surface area (Å²) in [4.78, 5) is 30.8. The Labute approximate surface area is 221 Å². The van der Waals surface area contributed by atoms with Crippen LogP contribution in [0.15, 0.2) is 91.4 Å². The predicted molar refractivity (Wildman–Crippen MR) is 146 cm³/mol. The summed E-state index contributed by atoms with van der Waals surface area (Å²) in [6, 6.07) is 21.8. The highest BCUT2D eigenvalue weighted by Gasteiger charge is 2.20. The predicted octanol–water partition coefficient (Wildman–Crippen LogP) is 5.51. The lowest BCUT2D eigenvalue weighted by Gasteiger charge is -2.32. The molecule has 0 atom stereocenters. The van der Waals surface area contributed by atoms with Crippen molar-refractivity contribution in [2.24, 2.45) is 5.92 Å². The summed E-state index contributed by atoms with van der Waals surface area (Å²) in [7, 11) is 0. The highest BCUT2D eigenvalue weighted by molar-refractivity contribution is 6.04. The number of amides is 1. The Morgan fingerprint density at radius 1 is 0.947 bits per heavy atom. The normalized spacial score (nSPS) is 13.7. The first kappa shape index (κ1) is 25.1. The van der Waals surface area contributed by atoms with Crippen molar-refractivity contribution < 1.29 is 19.4 Å². The van der Waals surface area contributed by atoms with Gasteiger partial charge in [-0.25, -0.2) is 9.78 Å². The van der Waals surface area contributed by atoms with Crippen molar-refractivity contribution in [3.05, 3.63) is 103 Å². The fourth-order valence-corrected chi connectivity index (χ4v) is 4.68. The number of hydrogen-bond donors (Lipinski definition) is 2. The summed E-state index contributed by atoms with van der Waals surface area (Å²) >= 11 is 0. The number of nitrogens with zero attached hydrogens (tertiary/aromatic N) is 3. The van der Waals surface area contributed by atoms with Crippen LogP contribution >= 0.6 is 0 Å². The number of aromatic carboxylic acids is 1. The molecule has 2 aromatic heterocycles. The van der Waals surface area contributed by atoms with Gasteiger partial charge in [-0.1, -0.05) is 12.1 Å². The van der Waals surface area contributed by atoms with Crippen LogP contribution in [0, 0.1) is 5.92 Å². The monoisotopic (exact) mass is 510 g/mol. The molecule has 1 fully saturated rings. The second-order valence-electron chi connectivity index (χ2n) is 9.40. The standard InChI is InChI=1S/C30H30N4O4/c35-29(23-5-3-7-26(19-23)33-14-1-2-15-33)32-25-9-10-28(31-21-25)34-16-11-22(12-17-34)13-18-38-27-8-4-6-24(20-27)30(36)37/h1-10,14-15,19-22H,11-13,16-18H2,(H,32,35)(H,36,37). The number of carbonyl (C=O) groups excluding carboxylic acids is 1. The first-order valence-corrected chi connectivity index (χ1v) is 12.8. The zero-order chi connectivity index (χ0) is 26.3. The quantitative estimate of drug-likeness (QED) is 0.308. The van der Waals surface area contributed by atoms with E-state index >= 15 is 0 Å². The van der Waals surface area contributed by atoms with E-state index in [9.17, 15) is 9.59 Å². The third-order valence-electron chi connectivity index (χ3n) is 6.83. The van der Waals surface area contributed by atoms with Gasteiger partial charge in [-0.05, 0) is 85.8 Å². The van der Waals surface area contributed by atoms with Gasteiger partial charge >= 0.3 is 5.97 Å². The summed E-state index contributed by atoms with van der Waals surface area (Å²) < 4.78 is 7.75. The number of benzene rings is 2. The van der Waals surface area contributed by atoms with Crippen LogP contribution in [0.4, 0.5) is 11.5 Å². The van der Waals surface area contributed by atoms with Crippen molar-refractivity contribution in [1.82, 2.24) is 9.55 Å². The van der Waals surface area contributed by atoms with Crippen LogP contribution in [0.2, 0.25) is 0 Å². The molecular formula is C30H30N4O4. The average Bonchev–Trinajstić information content (AvgIpc) is 3.50. The van der Waals surface area contributed by atoms with Crippen molar-refractivity contribution in [1.29, 1.82) is 0 Å². The Hall–Kier alpha value is -4.59. The van der Waals surface area contributed by atoms with Gasteiger partial charge < -0.3 is 24.6 Å². The van der Waals surface area contributed by atoms with Gasteiger partial charge in [0.15, 0.2) is 0 Å². The van der Waals surface area contributed by atoms with E-state index in [2.05, 4.69) is 15.2 Å². The van der Waals surface area contributed by atoms with Crippen LogP contribution in [-0.2, 0) is 0 Å². The number of aromatic nitrogens is 2. The van der Waals surface area contributed by atoms with Crippen LogP contribution in [0.5, 0.6) is 5.75 Å². The van der Waals surface area contributed by atoms with Crippen molar-refractivity contribution in [3.63, 3.8) is 0 Å². The summed E-state index contributed by atoms with van der Waals surface area (Å²) in [6.07, 6.45) is 8.59. The fourth-order valence-electron chi connectivity index (χ4n) is 4.68. The zero-order valence-electron chi connectivity index (χ0n) is 21.0. The minimum atomic E-state index is -0.953. The number of piperidine rings is 1. The lowest BCUT2D eigenvalue weighted by Crippen LogP contribution is -2.34. The maximum absolute atomic E-state index is 12.8. The number of pyridine rings is 1. The number of rotatable bonds is 9. The minimum absolute atomic E-state index is 0.175. The van der Waals surface area contributed by atoms with Crippen LogP contribution < -0.4 is 15.0 Å². The molecule has 0 radical (unpaired) electrons. The number of carbonyl (C=O) groups is 2. The van der Waals surface area contributed by atoms with E-state index in [1.165, 1.54) is 0 Å². The summed E-state index contributed by atoms with van der Waals surface area (Å²) in [5.74, 6) is 0.913. The Balaban J connectivity index is 1.08. The second kappa shape index (κ2) is 11.6. The molecule has 194 valence electrons. The smallest absolute Gasteiger partial charge is 0.335 e. The van der Waals surface area contributed by atoms with Gasteiger partial charge in [0, 0.05) is 36.7 Å². The topological polar surface area (TPSA) is 96.7 Å². The summed E-state index contributed by atoms with van der Waals surface area (Å²) in [6.45, 7) is 2.38. The molecule has 8 nitrogen and oxygen atoms in total. The molecule has 1 amide bonds. The van der Waals surface area contributed by atoms with Crippen molar-refractivity contribution in [3.8, 4) is 11.4 Å². The van der Waals surface area contributed by atoms with E-state index in [4.69, 9.17) is 9.84 Å². The molecule has 3 heterocycles. The van der Waals surface area contributed by atoms with E-state index in [1.54, 1.807) is 36.5 Å². The number of ether oxygens (including phenoxy) is 1. The van der Waals surface area contributed by atoms with Crippen molar-refractivity contribution in [2.75, 3.05) is 29.9 Å². The molecule has 0 spiro atoms. The van der Waals surface area contributed by atoms with E-state index in [-0.39, 0.29) is 11.5 Å². The number of hydrogen-bond acceptors (Lipinski definition) is 5.